The second-order valence-electron chi connectivity index (χ2n) is 5.80. The van der Waals surface area contributed by atoms with Crippen LogP contribution >= 0.6 is 22.9 Å². The van der Waals surface area contributed by atoms with Gasteiger partial charge in [-0.2, -0.15) is 0 Å². The lowest BCUT2D eigenvalue weighted by Gasteiger charge is -2.12. The van der Waals surface area contributed by atoms with Gasteiger partial charge in [0.25, 0.3) is 5.91 Å². The molecule has 0 saturated heterocycles. The summed E-state index contributed by atoms with van der Waals surface area (Å²) in [7, 11) is 2.02. The van der Waals surface area contributed by atoms with Crippen LogP contribution in [0.1, 0.15) is 18.5 Å². The number of rotatable bonds is 6. The third kappa shape index (κ3) is 4.29. The lowest BCUT2D eigenvalue weighted by Crippen LogP contribution is -3.09. The van der Waals surface area contributed by atoms with E-state index in [0.29, 0.717) is 12.6 Å². The zero-order valence-corrected chi connectivity index (χ0v) is 14.0. The summed E-state index contributed by atoms with van der Waals surface area (Å²) in [5.41, 5.74) is 2.09. The third-order valence-corrected chi connectivity index (χ3v) is 4.72. The summed E-state index contributed by atoms with van der Waals surface area (Å²) in [6.45, 7) is 1.24. The Bertz CT molecular complexity index is 652. The van der Waals surface area contributed by atoms with Gasteiger partial charge in [0.05, 0.1) is 7.05 Å². The Hall–Kier alpha value is -1.43. The third-order valence-electron chi connectivity index (χ3n) is 3.53. The smallest absolute Gasteiger partial charge is 0.275 e. The van der Waals surface area contributed by atoms with E-state index in [1.165, 1.54) is 0 Å². The highest BCUT2D eigenvalue weighted by Gasteiger charge is 2.24. The number of aromatic nitrogens is 1. The van der Waals surface area contributed by atoms with Crippen LogP contribution in [0.3, 0.4) is 0 Å². The van der Waals surface area contributed by atoms with Crippen molar-refractivity contribution in [3.63, 3.8) is 0 Å². The molecule has 0 radical (unpaired) electrons. The molecule has 1 unspecified atom stereocenters. The Balaban J connectivity index is 1.56. The van der Waals surface area contributed by atoms with Crippen molar-refractivity contribution in [1.29, 1.82) is 0 Å². The van der Waals surface area contributed by atoms with E-state index in [1.54, 1.807) is 11.3 Å². The second kappa shape index (κ2) is 6.77. The summed E-state index contributed by atoms with van der Waals surface area (Å²) in [6, 6.07) is 8.13. The highest BCUT2D eigenvalue weighted by molar-refractivity contribution is 7.13. The first-order valence-corrected chi connectivity index (χ1v) is 8.67. The van der Waals surface area contributed by atoms with Crippen LogP contribution in [0.2, 0.25) is 5.02 Å². The number of hydrogen-bond acceptors (Lipinski definition) is 3. The number of nitrogens with one attached hydrogen (secondary N) is 2. The van der Waals surface area contributed by atoms with Crippen molar-refractivity contribution < 1.29 is 9.69 Å². The molecule has 6 heteroatoms. The van der Waals surface area contributed by atoms with Gasteiger partial charge in [0, 0.05) is 22.0 Å². The van der Waals surface area contributed by atoms with Crippen molar-refractivity contribution in [2.24, 2.45) is 0 Å². The van der Waals surface area contributed by atoms with Gasteiger partial charge in [-0.1, -0.05) is 23.7 Å². The summed E-state index contributed by atoms with van der Waals surface area (Å²) >= 11 is 7.53. The van der Waals surface area contributed by atoms with Gasteiger partial charge in [0.2, 0.25) is 0 Å². The minimum atomic E-state index is 0.133. The molecule has 1 saturated carbocycles. The van der Waals surface area contributed by atoms with Gasteiger partial charge in [-0.15, -0.1) is 11.3 Å². The number of thiazole rings is 1. The molecular formula is C16H19ClN3OS+. The van der Waals surface area contributed by atoms with E-state index in [-0.39, 0.29) is 5.91 Å². The maximum atomic E-state index is 11.8. The lowest BCUT2D eigenvalue weighted by atomic mass is 10.2. The highest BCUT2D eigenvalue weighted by Crippen LogP contribution is 2.24. The summed E-state index contributed by atoms with van der Waals surface area (Å²) < 4.78 is 0. The maximum Gasteiger partial charge on any atom is 0.275 e. The van der Waals surface area contributed by atoms with Gasteiger partial charge in [0.15, 0.2) is 6.54 Å². The van der Waals surface area contributed by atoms with Crippen LogP contribution in [0.25, 0.3) is 10.6 Å². The van der Waals surface area contributed by atoms with E-state index < -0.39 is 0 Å². The van der Waals surface area contributed by atoms with Crippen LogP contribution in [0.4, 0.5) is 0 Å². The number of nitrogens with zero attached hydrogens (tertiary/aromatic N) is 1. The number of amides is 1. The SMILES string of the molecule is C[NH+](CC(=O)NC1CC1)Cc1csc(-c2ccc(Cl)cc2)n1. The molecule has 22 heavy (non-hydrogen) atoms. The van der Waals surface area contributed by atoms with E-state index in [2.05, 4.69) is 15.7 Å². The fourth-order valence-electron chi connectivity index (χ4n) is 2.27. The standard InChI is InChI=1S/C16H18ClN3OS/c1-20(9-15(21)18-13-6-7-13)8-14-10-22-16(19-14)11-2-4-12(17)5-3-11/h2-5,10,13H,6-9H2,1H3,(H,18,21)/p+1. The van der Waals surface area contributed by atoms with Crippen molar-refractivity contribution in [2.45, 2.75) is 25.4 Å². The van der Waals surface area contributed by atoms with Crippen LogP contribution in [0, 0.1) is 0 Å². The molecule has 1 aliphatic carbocycles. The minimum absolute atomic E-state index is 0.133. The van der Waals surface area contributed by atoms with Crippen LogP contribution in [-0.4, -0.2) is 30.5 Å². The first kappa shape index (κ1) is 15.5. The number of likely N-dealkylation sites (N-methyl/N-ethyl adjacent to an activating group) is 1. The molecule has 116 valence electrons. The molecule has 1 atom stereocenters. The average Bonchev–Trinajstić information content (AvgIpc) is 3.16. The molecule has 0 aliphatic heterocycles. The van der Waals surface area contributed by atoms with Gasteiger partial charge in [-0.05, 0) is 25.0 Å². The van der Waals surface area contributed by atoms with E-state index in [4.69, 9.17) is 11.6 Å². The predicted octanol–water partition coefficient (Wildman–Crippen LogP) is 1.76. The van der Waals surface area contributed by atoms with Crippen LogP contribution in [-0.2, 0) is 11.3 Å². The van der Waals surface area contributed by atoms with E-state index in [0.717, 1.165) is 45.6 Å². The molecule has 4 nitrogen and oxygen atoms in total. The molecule has 1 fully saturated rings. The molecule has 1 aromatic heterocycles. The maximum absolute atomic E-state index is 11.8. The van der Waals surface area contributed by atoms with E-state index in [9.17, 15) is 4.79 Å². The summed E-state index contributed by atoms with van der Waals surface area (Å²) in [5, 5.41) is 6.79. The lowest BCUT2D eigenvalue weighted by molar-refractivity contribution is -0.885. The molecule has 3 rings (SSSR count). The van der Waals surface area contributed by atoms with E-state index in [1.807, 2.05) is 31.3 Å². The molecule has 2 N–H and O–H groups in total. The summed E-state index contributed by atoms with van der Waals surface area (Å²) in [4.78, 5) is 17.6. The van der Waals surface area contributed by atoms with Gasteiger partial charge in [-0.3, -0.25) is 4.79 Å². The number of carbonyl (C=O) groups excluding carboxylic acids is 1. The fraction of sp³-hybridized carbons (Fsp3) is 0.375. The highest BCUT2D eigenvalue weighted by atomic mass is 35.5. The monoisotopic (exact) mass is 336 g/mol. The molecule has 0 bridgehead atoms. The van der Waals surface area contributed by atoms with Gasteiger partial charge < -0.3 is 10.2 Å². The Kier molecular flexibility index (Phi) is 4.76. The predicted molar refractivity (Wildman–Crippen MR) is 89.2 cm³/mol. The number of halogens is 1. The number of quaternary nitrogens is 1. The van der Waals surface area contributed by atoms with Crippen LogP contribution in [0.15, 0.2) is 29.6 Å². The van der Waals surface area contributed by atoms with E-state index >= 15 is 0 Å². The van der Waals surface area contributed by atoms with Crippen molar-refractivity contribution in [3.8, 4) is 10.6 Å². The number of carbonyl (C=O) groups is 1. The zero-order valence-electron chi connectivity index (χ0n) is 12.4. The Morgan fingerprint density at radius 3 is 2.82 bits per heavy atom. The zero-order chi connectivity index (χ0) is 15.5. The molecule has 0 spiro atoms. The Morgan fingerprint density at radius 1 is 1.41 bits per heavy atom. The molecule has 1 amide bonds. The Labute approximate surface area is 139 Å². The molecule has 1 heterocycles. The molecule has 1 aromatic carbocycles. The average molecular weight is 337 g/mol. The van der Waals surface area contributed by atoms with Crippen LogP contribution in [0.5, 0.6) is 0 Å². The Morgan fingerprint density at radius 2 is 2.14 bits per heavy atom. The van der Waals surface area contributed by atoms with Gasteiger partial charge in [0.1, 0.15) is 17.2 Å². The second-order valence-corrected chi connectivity index (χ2v) is 7.10. The minimum Gasteiger partial charge on any atom is -0.348 e. The first-order valence-electron chi connectivity index (χ1n) is 7.41. The number of benzene rings is 1. The summed E-state index contributed by atoms with van der Waals surface area (Å²) in [6.07, 6.45) is 2.25. The molecule has 1 aliphatic rings. The summed E-state index contributed by atoms with van der Waals surface area (Å²) in [5.74, 6) is 0.133. The van der Waals surface area contributed by atoms with Gasteiger partial charge in [-0.25, -0.2) is 4.98 Å². The largest absolute Gasteiger partial charge is 0.348 e. The first-order chi connectivity index (χ1) is 10.6. The molecular weight excluding hydrogens is 318 g/mol. The van der Waals surface area contributed by atoms with Crippen LogP contribution < -0.4 is 10.2 Å². The van der Waals surface area contributed by atoms with Gasteiger partial charge >= 0.3 is 0 Å². The van der Waals surface area contributed by atoms with Crippen molar-refractivity contribution in [3.05, 3.63) is 40.4 Å². The number of hydrogen-bond donors (Lipinski definition) is 2. The topological polar surface area (TPSA) is 46.4 Å². The van der Waals surface area contributed by atoms with Crippen molar-refractivity contribution in [2.75, 3.05) is 13.6 Å². The normalized spacial score (nSPS) is 15.5. The molecule has 2 aromatic rings. The fourth-order valence-corrected chi connectivity index (χ4v) is 3.22. The van der Waals surface area contributed by atoms with Crippen molar-refractivity contribution >= 4 is 28.8 Å². The van der Waals surface area contributed by atoms with Crippen molar-refractivity contribution in [1.82, 2.24) is 10.3 Å². The quantitative estimate of drug-likeness (QED) is 0.844.